The number of rotatable bonds is 8. The first kappa shape index (κ1) is 19.5. The van der Waals surface area contributed by atoms with Crippen molar-refractivity contribution in [2.24, 2.45) is 0 Å². The Bertz CT molecular complexity index is 725. The van der Waals surface area contributed by atoms with E-state index in [1.54, 1.807) is 23.5 Å². The quantitative estimate of drug-likeness (QED) is 0.731. The zero-order valence-electron chi connectivity index (χ0n) is 15.3. The molecule has 1 saturated heterocycles. The summed E-state index contributed by atoms with van der Waals surface area (Å²) in [6.07, 6.45) is 2.26. The molecule has 0 atom stereocenters. The summed E-state index contributed by atoms with van der Waals surface area (Å²) in [5.74, 6) is -0.0297. The predicted molar refractivity (Wildman–Crippen MR) is 108 cm³/mol. The van der Waals surface area contributed by atoms with E-state index in [2.05, 4.69) is 27.0 Å². The van der Waals surface area contributed by atoms with Crippen molar-refractivity contribution in [1.29, 1.82) is 0 Å². The SMILES string of the molecule is O=C(CCCc1cccs1)Nc1ccc(NC(=O)CN2CCOCC2)cc1. The van der Waals surface area contributed by atoms with E-state index in [1.807, 2.05) is 18.2 Å². The first-order valence-corrected chi connectivity index (χ1v) is 10.1. The van der Waals surface area contributed by atoms with E-state index < -0.39 is 0 Å². The molecule has 0 aliphatic carbocycles. The summed E-state index contributed by atoms with van der Waals surface area (Å²) in [6, 6.07) is 11.3. The van der Waals surface area contributed by atoms with Gasteiger partial charge in [-0.15, -0.1) is 11.3 Å². The van der Waals surface area contributed by atoms with E-state index in [-0.39, 0.29) is 11.8 Å². The molecule has 0 bridgehead atoms. The van der Waals surface area contributed by atoms with E-state index in [9.17, 15) is 9.59 Å². The Hall–Kier alpha value is -2.22. The molecule has 1 aliphatic heterocycles. The zero-order chi connectivity index (χ0) is 18.9. The largest absolute Gasteiger partial charge is 0.379 e. The molecule has 2 heterocycles. The monoisotopic (exact) mass is 387 g/mol. The van der Waals surface area contributed by atoms with Gasteiger partial charge in [-0.2, -0.15) is 0 Å². The number of carbonyl (C=O) groups excluding carboxylic acids is 2. The average molecular weight is 388 g/mol. The van der Waals surface area contributed by atoms with Crippen molar-refractivity contribution in [2.75, 3.05) is 43.5 Å². The molecular formula is C20H25N3O3S. The molecule has 3 rings (SSSR count). The molecule has 0 spiro atoms. The molecule has 2 N–H and O–H groups in total. The second kappa shape index (κ2) is 10.2. The molecule has 1 aromatic carbocycles. The maximum Gasteiger partial charge on any atom is 0.238 e. The van der Waals surface area contributed by atoms with Gasteiger partial charge in [-0.25, -0.2) is 0 Å². The van der Waals surface area contributed by atoms with E-state index in [0.717, 1.165) is 37.3 Å². The third-order valence-corrected chi connectivity index (χ3v) is 5.27. The summed E-state index contributed by atoms with van der Waals surface area (Å²) in [5.41, 5.74) is 1.46. The Labute approximate surface area is 163 Å². The molecule has 2 amide bonds. The van der Waals surface area contributed by atoms with Gasteiger partial charge in [-0.3, -0.25) is 14.5 Å². The second-order valence-corrected chi connectivity index (χ2v) is 7.53. The van der Waals surface area contributed by atoms with E-state index in [4.69, 9.17) is 4.74 Å². The number of carbonyl (C=O) groups is 2. The minimum absolute atomic E-state index is 0.00987. The lowest BCUT2D eigenvalue weighted by molar-refractivity contribution is -0.118. The van der Waals surface area contributed by atoms with Crippen molar-refractivity contribution in [2.45, 2.75) is 19.3 Å². The highest BCUT2D eigenvalue weighted by Gasteiger charge is 2.14. The second-order valence-electron chi connectivity index (χ2n) is 6.50. The zero-order valence-corrected chi connectivity index (χ0v) is 16.1. The minimum atomic E-state index is -0.0396. The fourth-order valence-electron chi connectivity index (χ4n) is 2.90. The van der Waals surface area contributed by atoms with Gasteiger partial charge in [0.1, 0.15) is 0 Å². The van der Waals surface area contributed by atoms with Crippen LogP contribution in [0.5, 0.6) is 0 Å². The highest BCUT2D eigenvalue weighted by atomic mass is 32.1. The van der Waals surface area contributed by atoms with Crippen molar-refractivity contribution >= 4 is 34.5 Å². The lowest BCUT2D eigenvalue weighted by Gasteiger charge is -2.25. The van der Waals surface area contributed by atoms with Crippen molar-refractivity contribution in [1.82, 2.24) is 4.90 Å². The predicted octanol–water partition coefficient (Wildman–Crippen LogP) is 2.98. The molecule has 6 nitrogen and oxygen atoms in total. The van der Waals surface area contributed by atoms with Crippen LogP contribution in [0.15, 0.2) is 41.8 Å². The summed E-state index contributed by atoms with van der Waals surface area (Å²) in [4.78, 5) is 27.5. The molecule has 1 aliphatic rings. The number of ether oxygens (including phenoxy) is 1. The number of anilines is 2. The Kier molecular flexibility index (Phi) is 7.38. The molecule has 144 valence electrons. The van der Waals surface area contributed by atoms with Gasteiger partial charge in [0.25, 0.3) is 0 Å². The standard InChI is InChI=1S/C20H25N3O3S/c24-19(5-1-3-18-4-2-14-27-18)21-16-6-8-17(9-7-16)22-20(25)15-23-10-12-26-13-11-23/h2,4,6-9,14H,1,3,5,10-13,15H2,(H,21,24)(H,22,25). The smallest absolute Gasteiger partial charge is 0.238 e. The number of morpholine rings is 1. The van der Waals surface area contributed by atoms with Crippen LogP contribution in [0.3, 0.4) is 0 Å². The Balaban J connectivity index is 1.38. The fourth-order valence-corrected chi connectivity index (χ4v) is 3.65. The highest BCUT2D eigenvalue weighted by molar-refractivity contribution is 7.09. The molecule has 2 aromatic rings. The van der Waals surface area contributed by atoms with Crippen LogP contribution in [-0.4, -0.2) is 49.6 Å². The average Bonchev–Trinajstić information content (AvgIpc) is 3.17. The minimum Gasteiger partial charge on any atom is -0.379 e. The van der Waals surface area contributed by atoms with Crippen LogP contribution in [0.4, 0.5) is 11.4 Å². The van der Waals surface area contributed by atoms with Crippen molar-refractivity contribution in [3.05, 3.63) is 46.7 Å². The Morgan fingerprint density at radius 1 is 1.00 bits per heavy atom. The molecule has 0 saturated carbocycles. The maximum atomic E-state index is 12.1. The molecule has 0 unspecified atom stereocenters. The van der Waals surface area contributed by atoms with E-state index in [0.29, 0.717) is 26.2 Å². The molecule has 0 radical (unpaired) electrons. The lowest BCUT2D eigenvalue weighted by Crippen LogP contribution is -2.41. The Morgan fingerprint density at radius 2 is 1.67 bits per heavy atom. The summed E-state index contributed by atoms with van der Waals surface area (Å²) in [5, 5.41) is 7.84. The number of amides is 2. The van der Waals surface area contributed by atoms with Crippen molar-refractivity contribution in [3.63, 3.8) is 0 Å². The van der Waals surface area contributed by atoms with Crippen LogP contribution in [0.2, 0.25) is 0 Å². The van der Waals surface area contributed by atoms with E-state index in [1.165, 1.54) is 4.88 Å². The van der Waals surface area contributed by atoms with Gasteiger partial charge in [0.15, 0.2) is 0 Å². The normalized spacial score (nSPS) is 14.7. The first-order chi connectivity index (χ1) is 13.2. The maximum absolute atomic E-state index is 12.1. The summed E-state index contributed by atoms with van der Waals surface area (Å²) >= 11 is 1.72. The topological polar surface area (TPSA) is 70.7 Å². The number of benzene rings is 1. The van der Waals surface area contributed by atoms with Gasteiger partial charge in [0.05, 0.1) is 19.8 Å². The first-order valence-electron chi connectivity index (χ1n) is 9.21. The van der Waals surface area contributed by atoms with Crippen molar-refractivity contribution in [3.8, 4) is 0 Å². The fraction of sp³-hybridized carbons (Fsp3) is 0.400. The number of thiophene rings is 1. The van der Waals surface area contributed by atoms with E-state index >= 15 is 0 Å². The van der Waals surface area contributed by atoms with Crippen LogP contribution in [0.1, 0.15) is 17.7 Å². The molecular weight excluding hydrogens is 362 g/mol. The van der Waals surface area contributed by atoms with Crippen LogP contribution in [0, 0.1) is 0 Å². The van der Waals surface area contributed by atoms with Crippen molar-refractivity contribution < 1.29 is 14.3 Å². The number of hydrogen-bond donors (Lipinski definition) is 2. The van der Waals surface area contributed by atoms with Crippen LogP contribution in [-0.2, 0) is 20.7 Å². The van der Waals surface area contributed by atoms with Crippen LogP contribution in [0.25, 0.3) is 0 Å². The number of nitrogens with zero attached hydrogens (tertiary/aromatic N) is 1. The Morgan fingerprint density at radius 3 is 2.30 bits per heavy atom. The highest BCUT2D eigenvalue weighted by Crippen LogP contribution is 2.15. The summed E-state index contributed by atoms with van der Waals surface area (Å²) < 4.78 is 5.28. The molecule has 27 heavy (non-hydrogen) atoms. The molecule has 7 heteroatoms. The van der Waals surface area contributed by atoms with Gasteiger partial charge >= 0.3 is 0 Å². The third kappa shape index (κ3) is 6.78. The van der Waals surface area contributed by atoms with Gasteiger partial charge in [0, 0.05) is 35.8 Å². The molecule has 1 aromatic heterocycles. The number of nitrogens with one attached hydrogen (secondary N) is 2. The van der Waals surface area contributed by atoms with Gasteiger partial charge in [-0.1, -0.05) is 6.07 Å². The summed E-state index contributed by atoms with van der Waals surface area (Å²) in [7, 11) is 0. The van der Waals surface area contributed by atoms with Gasteiger partial charge in [0.2, 0.25) is 11.8 Å². The molecule has 1 fully saturated rings. The summed E-state index contributed by atoms with van der Waals surface area (Å²) in [6.45, 7) is 3.28. The van der Waals surface area contributed by atoms with Crippen LogP contribution >= 0.6 is 11.3 Å². The third-order valence-electron chi connectivity index (χ3n) is 4.33. The van der Waals surface area contributed by atoms with Gasteiger partial charge in [-0.05, 0) is 48.6 Å². The van der Waals surface area contributed by atoms with Crippen LogP contribution < -0.4 is 10.6 Å². The number of hydrogen-bond acceptors (Lipinski definition) is 5. The lowest BCUT2D eigenvalue weighted by atomic mass is 10.2. The number of aryl methyl sites for hydroxylation is 1. The van der Waals surface area contributed by atoms with Gasteiger partial charge < -0.3 is 15.4 Å².